The summed E-state index contributed by atoms with van der Waals surface area (Å²) in [5.41, 5.74) is 5.14. The quantitative estimate of drug-likeness (QED) is 0.471. The molecule has 0 atom stereocenters. The van der Waals surface area contributed by atoms with Gasteiger partial charge in [-0.2, -0.15) is 0 Å². The minimum atomic E-state index is -0.538. The number of nitrogens with one attached hydrogen (secondary N) is 2. The standard InChI is InChI=1S/C15H15N3O4S2/c1-9(19)16-17-13(20)8-18-14(21)12(24-15(18)23)7-10-4-3-5-11(6-10)22-2/h3-7H,8H2,1-2H3,(H,16,19)(H,17,20)/b12-7-. The monoisotopic (exact) mass is 365 g/mol. The molecule has 0 bridgehead atoms. The lowest BCUT2D eigenvalue weighted by Gasteiger charge is -2.14. The Kier molecular flexibility index (Phi) is 5.93. The van der Waals surface area contributed by atoms with Crippen LogP contribution < -0.4 is 15.6 Å². The van der Waals surface area contributed by atoms with E-state index in [0.29, 0.717) is 10.7 Å². The van der Waals surface area contributed by atoms with Gasteiger partial charge in [0.25, 0.3) is 11.8 Å². The van der Waals surface area contributed by atoms with Gasteiger partial charge in [0.2, 0.25) is 5.91 Å². The second kappa shape index (κ2) is 7.93. The van der Waals surface area contributed by atoms with Crippen molar-refractivity contribution in [3.63, 3.8) is 0 Å². The molecule has 126 valence electrons. The van der Waals surface area contributed by atoms with E-state index in [1.54, 1.807) is 25.3 Å². The smallest absolute Gasteiger partial charge is 0.266 e. The number of carbonyl (C=O) groups excluding carboxylic acids is 3. The molecule has 24 heavy (non-hydrogen) atoms. The number of carbonyl (C=O) groups is 3. The summed E-state index contributed by atoms with van der Waals surface area (Å²) in [6.07, 6.45) is 1.69. The normalized spacial score (nSPS) is 15.6. The summed E-state index contributed by atoms with van der Waals surface area (Å²) in [6.45, 7) is 0.997. The molecule has 7 nitrogen and oxygen atoms in total. The van der Waals surface area contributed by atoms with Crippen LogP contribution in [0, 0.1) is 0 Å². The fraction of sp³-hybridized carbons (Fsp3) is 0.200. The van der Waals surface area contributed by atoms with Crippen molar-refractivity contribution in [3.8, 4) is 5.75 Å². The zero-order chi connectivity index (χ0) is 17.7. The number of hydrogen-bond donors (Lipinski definition) is 2. The summed E-state index contributed by atoms with van der Waals surface area (Å²) in [4.78, 5) is 36.5. The molecule has 0 radical (unpaired) electrons. The first-order valence-electron chi connectivity index (χ1n) is 6.85. The summed E-state index contributed by atoms with van der Waals surface area (Å²) in [5.74, 6) is -0.629. The molecule has 2 rings (SSSR count). The van der Waals surface area contributed by atoms with Crippen LogP contribution in [0.4, 0.5) is 0 Å². The van der Waals surface area contributed by atoms with E-state index in [-0.39, 0.29) is 16.8 Å². The third kappa shape index (κ3) is 4.56. The molecule has 1 aliphatic rings. The number of hydrogen-bond acceptors (Lipinski definition) is 6. The Morgan fingerprint density at radius 1 is 1.38 bits per heavy atom. The van der Waals surface area contributed by atoms with Crippen molar-refractivity contribution < 1.29 is 19.1 Å². The van der Waals surface area contributed by atoms with Gasteiger partial charge in [-0.15, -0.1) is 0 Å². The molecule has 1 aliphatic heterocycles. The van der Waals surface area contributed by atoms with Gasteiger partial charge in [0.1, 0.15) is 16.6 Å². The van der Waals surface area contributed by atoms with E-state index in [1.165, 1.54) is 11.8 Å². The average molecular weight is 365 g/mol. The van der Waals surface area contributed by atoms with Crippen LogP contribution in [0.3, 0.4) is 0 Å². The maximum Gasteiger partial charge on any atom is 0.266 e. The van der Waals surface area contributed by atoms with Crippen molar-refractivity contribution in [2.75, 3.05) is 13.7 Å². The maximum atomic E-state index is 12.4. The highest BCUT2D eigenvalue weighted by atomic mass is 32.2. The van der Waals surface area contributed by atoms with Crippen molar-refractivity contribution in [1.29, 1.82) is 0 Å². The van der Waals surface area contributed by atoms with E-state index >= 15 is 0 Å². The number of benzene rings is 1. The summed E-state index contributed by atoms with van der Waals surface area (Å²) in [7, 11) is 1.56. The number of hydrazine groups is 1. The van der Waals surface area contributed by atoms with Crippen LogP contribution in [0.5, 0.6) is 5.75 Å². The Labute approximate surface area is 148 Å². The maximum absolute atomic E-state index is 12.4. The highest BCUT2D eigenvalue weighted by molar-refractivity contribution is 8.26. The molecule has 0 aliphatic carbocycles. The number of methoxy groups -OCH3 is 1. The van der Waals surface area contributed by atoms with Gasteiger partial charge in [0.15, 0.2) is 0 Å². The van der Waals surface area contributed by atoms with Crippen LogP contribution in [0.25, 0.3) is 6.08 Å². The number of rotatable bonds is 4. The lowest BCUT2D eigenvalue weighted by atomic mass is 10.2. The van der Waals surface area contributed by atoms with Crippen LogP contribution in [-0.4, -0.2) is 40.6 Å². The molecule has 2 N–H and O–H groups in total. The largest absolute Gasteiger partial charge is 0.497 e. The molecule has 9 heteroatoms. The van der Waals surface area contributed by atoms with Gasteiger partial charge in [0, 0.05) is 6.92 Å². The summed E-state index contributed by atoms with van der Waals surface area (Å²) >= 11 is 6.27. The topological polar surface area (TPSA) is 87.7 Å². The first-order valence-corrected chi connectivity index (χ1v) is 8.08. The third-order valence-electron chi connectivity index (χ3n) is 2.94. The van der Waals surface area contributed by atoms with Gasteiger partial charge in [0.05, 0.1) is 12.0 Å². The van der Waals surface area contributed by atoms with E-state index in [9.17, 15) is 14.4 Å². The van der Waals surface area contributed by atoms with E-state index in [1.807, 2.05) is 12.1 Å². The molecule has 1 aromatic rings. The molecule has 0 saturated carbocycles. The van der Waals surface area contributed by atoms with Crippen LogP contribution in [0.2, 0.25) is 0 Å². The molecule has 1 heterocycles. The van der Waals surface area contributed by atoms with Crippen molar-refractivity contribution in [2.45, 2.75) is 6.92 Å². The fourth-order valence-electron chi connectivity index (χ4n) is 1.86. The predicted octanol–water partition coefficient (Wildman–Crippen LogP) is 1.06. The fourth-order valence-corrected chi connectivity index (χ4v) is 3.11. The van der Waals surface area contributed by atoms with E-state index in [0.717, 1.165) is 17.3 Å². The zero-order valence-electron chi connectivity index (χ0n) is 13.0. The predicted molar refractivity (Wildman–Crippen MR) is 94.8 cm³/mol. The molecule has 3 amide bonds. The number of ether oxygens (including phenoxy) is 1. The highest BCUT2D eigenvalue weighted by Crippen LogP contribution is 2.32. The highest BCUT2D eigenvalue weighted by Gasteiger charge is 2.33. The first-order chi connectivity index (χ1) is 11.4. The summed E-state index contributed by atoms with van der Waals surface area (Å²) in [6, 6.07) is 7.23. The molecule has 0 spiro atoms. The molecule has 1 fully saturated rings. The first kappa shape index (κ1) is 18.0. The Hall–Kier alpha value is -2.39. The molecule has 0 aromatic heterocycles. The van der Waals surface area contributed by atoms with E-state index in [2.05, 4.69) is 10.9 Å². The lowest BCUT2D eigenvalue weighted by molar-refractivity contribution is -0.131. The Balaban J connectivity index is 2.09. The van der Waals surface area contributed by atoms with Crippen molar-refractivity contribution in [3.05, 3.63) is 34.7 Å². The number of amides is 3. The molecule has 1 aromatic carbocycles. The van der Waals surface area contributed by atoms with Crippen molar-refractivity contribution in [2.24, 2.45) is 0 Å². The average Bonchev–Trinajstić information content (AvgIpc) is 2.80. The summed E-state index contributed by atoms with van der Waals surface area (Å²) < 4.78 is 5.43. The van der Waals surface area contributed by atoms with Crippen LogP contribution in [-0.2, 0) is 14.4 Å². The van der Waals surface area contributed by atoms with E-state index < -0.39 is 11.8 Å². The third-order valence-corrected chi connectivity index (χ3v) is 4.32. The SMILES string of the molecule is COc1cccc(/C=C2\SC(=S)N(CC(=O)NNC(C)=O)C2=O)c1. The Morgan fingerprint density at radius 2 is 2.12 bits per heavy atom. The van der Waals surface area contributed by atoms with Gasteiger partial charge in [-0.1, -0.05) is 36.1 Å². The van der Waals surface area contributed by atoms with E-state index in [4.69, 9.17) is 17.0 Å². The minimum absolute atomic E-state index is 0.263. The van der Waals surface area contributed by atoms with Crippen LogP contribution in [0.1, 0.15) is 12.5 Å². The summed E-state index contributed by atoms with van der Waals surface area (Å²) in [5, 5.41) is 0. The second-order valence-corrected chi connectivity index (χ2v) is 6.45. The number of thioether (sulfide) groups is 1. The van der Waals surface area contributed by atoms with Gasteiger partial charge >= 0.3 is 0 Å². The molecular weight excluding hydrogens is 350 g/mol. The van der Waals surface area contributed by atoms with Gasteiger partial charge < -0.3 is 4.74 Å². The Morgan fingerprint density at radius 3 is 2.79 bits per heavy atom. The van der Waals surface area contributed by atoms with Crippen molar-refractivity contribution in [1.82, 2.24) is 15.8 Å². The number of nitrogens with zero attached hydrogens (tertiary/aromatic N) is 1. The van der Waals surface area contributed by atoms with Crippen LogP contribution in [0.15, 0.2) is 29.2 Å². The van der Waals surface area contributed by atoms with Crippen LogP contribution >= 0.6 is 24.0 Å². The van der Waals surface area contributed by atoms with Gasteiger partial charge in [-0.05, 0) is 23.8 Å². The Bertz CT molecular complexity index is 733. The molecular formula is C15H15N3O4S2. The van der Waals surface area contributed by atoms with Gasteiger partial charge in [-0.25, -0.2) is 0 Å². The van der Waals surface area contributed by atoms with Gasteiger partial charge in [-0.3, -0.25) is 30.1 Å². The molecule has 1 saturated heterocycles. The molecule has 0 unspecified atom stereocenters. The lowest BCUT2D eigenvalue weighted by Crippen LogP contribution is -2.46. The second-order valence-electron chi connectivity index (χ2n) is 4.77. The minimum Gasteiger partial charge on any atom is -0.497 e. The zero-order valence-corrected chi connectivity index (χ0v) is 14.6. The number of thiocarbonyl (C=S) groups is 1. The van der Waals surface area contributed by atoms with Crippen molar-refractivity contribution >= 4 is 52.1 Å².